The molecule has 3 heteroatoms. The Balaban J connectivity index is 2.31. The van der Waals surface area contributed by atoms with Crippen molar-refractivity contribution in [3.63, 3.8) is 0 Å². The lowest BCUT2D eigenvalue weighted by atomic mass is 9.97. The van der Waals surface area contributed by atoms with Crippen LogP contribution in [-0.4, -0.2) is 12.8 Å². The molecule has 0 N–H and O–H groups in total. The van der Waals surface area contributed by atoms with Crippen molar-refractivity contribution in [2.75, 3.05) is 6.61 Å². The number of cyclic esters (lactones) is 2. The van der Waals surface area contributed by atoms with Crippen LogP contribution in [0.2, 0.25) is 0 Å². The minimum absolute atomic E-state index is 0.288. The molecular weight excluding hydrogens is 168 g/mol. The molecule has 68 valence electrons. The van der Waals surface area contributed by atoms with Gasteiger partial charge in [-0.2, -0.15) is 0 Å². The molecule has 0 aliphatic carbocycles. The molecule has 1 heterocycles. The smallest absolute Gasteiger partial charge is 0.430 e. The van der Waals surface area contributed by atoms with Gasteiger partial charge in [-0.25, -0.2) is 4.79 Å². The van der Waals surface area contributed by atoms with Gasteiger partial charge in [-0.05, 0) is 12.5 Å². The highest BCUT2D eigenvalue weighted by atomic mass is 16.8. The molecule has 1 unspecified atom stereocenters. The van der Waals surface area contributed by atoms with Crippen molar-refractivity contribution < 1.29 is 14.3 Å². The van der Waals surface area contributed by atoms with Gasteiger partial charge < -0.3 is 9.47 Å². The monoisotopic (exact) mass is 178 g/mol. The maximum absolute atomic E-state index is 10.8. The van der Waals surface area contributed by atoms with E-state index in [1.807, 2.05) is 37.3 Å². The molecule has 0 aromatic heterocycles. The first-order valence-corrected chi connectivity index (χ1v) is 4.12. The topological polar surface area (TPSA) is 35.5 Å². The van der Waals surface area contributed by atoms with E-state index in [-0.39, 0.29) is 6.61 Å². The Hall–Kier alpha value is -1.51. The van der Waals surface area contributed by atoms with Gasteiger partial charge >= 0.3 is 6.16 Å². The third kappa shape index (κ3) is 1.37. The number of carbonyl (C=O) groups is 1. The van der Waals surface area contributed by atoms with Crippen LogP contribution >= 0.6 is 0 Å². The Bertz CT molecular complexity index is 320. The van der Waals surface area contributed by atoms with Gasteiger partial charge in [0.2, 0.25) is 0 Å². The van der Waals surface area contributed by atoms with Crippen molar-refractivity contribution in [2.24, 2.45) is 0 Å². The molecule has 0 spiro atoms. The van der Waals surface area contributed by atoms with Crippen LogP contribution in [-0.2, 0) is 15.1 Å². The number of hydrogen-bond donors (Lipinski definition) is 0. The van der Waals surface area contributed by atoms with Gasteiger partial charge in [-0.15, -0.1) is 0 Å². The van der Waals surface area contributed by atoms with E-state index in [4.69, 9.17) is 9.47 Å². The largest absolute Gasteiger partial charge is 0.509 e. The molecule has 0 radical (unpaired) electrons. The molecule has 0 bridgehead atoms. The quantitative estimate of drug-likeness (QED) is 0.617. The third-order valence-corrected chi connectivity index (χ3v) is 2.16. The molecule has 0 amide bonds. The van der Waals surface area contributed by atoms with Crippen LogP contribution in [0.4, 0.5) is 4.79 Å². The lowest BCUT2D eigenvalue weighted by Crippen LogP contribution is -2.24. The van der Waals surface area contributed by atoms with Gasteiger partial charge in [0.25, 0.3) is 0 Å². The summed E-state index contributed by atoms with van der Waals surface area (Å²) in [5, 5.41) is 0. The predicted octanol–water partition coefficient (Wildman–Crippen LogP) is 2.07. The van der Waals surface area contributed by atoms with E-state index in [0.29, 0.717) is 0 Å². The predicted molar refractivity (Wildman–Crippen MR) is 46.2 cm³/mol. The van der Waals surface area contributed by atoms with Crippen molar-refractivity contribution in [2.45, 2.75) is 12.5 Å². The molecule has 1 saturated heterocycles. The molecule has 3 nitrogen and oxygen atoms in total. The van der Waals surface area contributed by atoms with Gasteiger partial charge in [0.05, 0.1) is 0 Å². The SMILES string of the molecule is CC1(c2ccccc2)COC(=O)O1. The summed E-state index contributed by atoms with van der Waals surface area (Å²) in [6.07, 6.45) is -0.591. The Morgan fingerprint density at radius 2 is 2.00 bits per heavy atom. The first-order chi connectivity index (χ1) is 6.21. The zero-order valence-corrected chi connectivity index (χ0v) is 7.32. The lowest BCUT2D eigenvalue weighted by molar-refractivity contribution is 0.0693. The van der Waals surface area contributed by atoms with Crippen LogP contribution in [0.15, 0.2) is 30.3 Å². The number of hydrogen-bond acceptors (Lipinski definition) is 3. The van der Waals surface area contributed by atoms with Crippen molar-refractivity contribution in [3.05, 3.63) is 35.9 Å². The van der Waals surface area contributed by atoms with Gasteiger partial charge in [-0.1, -0.05) is 30.3 Å². The minimum Gasteiger partial charge on any atom is -0.430 e. The summed E-state index contributed by atoms with van der Waals surface area (Å²) in [6, 6.07) is 9.58. The second-order valence-corrected chi connectivity index (χ2v) is 3.24. The average molecular weight is 178 g/mol. The zero-order valence-electron chi connectivity index (χ0n) is 7.32. The maximum atomic E-state index is 10.8. The Morgan fingerprint density at radius 3 is 2.54 bits per heavy atom. The summed E-state index contributed by atoms with van der Waals surface area (Å²) >= 11 is 0. The van der Waals surface area contributed by atoms with Gasteiger partial charge in [0, 0.05) is 0 Å². The van der Waals surface area contributed by atoms with Crippen LogP contribution in [0.25, 0.3) is 0 Å². The number of benzene rings is 1. The van der Waals surface area contributed by atoms with Crippen molar-refractivity contribution in [3.8, 4) is 0 Å². The molecule has 2 rings (SSSR count). The zero-order chi connectivity index (χ0) is 9.31. The van der Waals surface area contributed by atoms with Crippen molar-refractivity contribution in [1.29, 1.82) is 0 Å². The lowest BCUT2D eigenvalue weighted by Gasteiger charge is -2.19. The summed E-state index contributed by atoms with van der Waals surface area (Å²) in [6.45, 7) is 2.13. The van der Waals surface area contributed by atoms with E-state index in [2.05, 4.69) is 0 Å². The second kappa shape index (κ2) is 2.76. The van der Waals surface area contributed by atoms with E-state index >= 15 is 0 Å². The van der Waals surface area contributed by atoms with E-state index < -0.39 is 11.8 Å². The minimum atomic E-state index is -0.613. The fraction of sp³-hybridized carbons (Fsp3) is 0.300. The average Bonchev–Trinajstić information content (AvgIpc) is 2.49. The number of rotatable bonds is 1. The van der Waals surface area contributed by atoms with Gasteiger partial charge in [0.15, 0.2) is 5.60 Å². The molecule has 1 aromatic carbocycles. The first-order valence-electron chi connectivity index (χ1n) is 4.12. The molecule has 1 fully saturated rings. The van der Waals surface area contributed by atoms with Crippen LogP contribution in [0.1, 0.15) is 12.5 Å². The van der Waals surface area contributed by atoms with E-state index in [0.717, 1.165) is 5.56 Å². The summed E-state index contributed by atoms with van der Waals surface area (Å²) in [5.41, 5.74) is 0.346. The van der Waals surface area contributed by atoms with E-state index in [9.17, 15) is 4.79 Å². The Kier molecular flexibility index (Phi) is 1.72. The summed E-state index contributed by atoms with van der Waals surface area (Å²) in [7, 11) is 0. The summed E-state index contributed by atoms with van der Waals surface area (Å²) in [4.78, 5) is 10.8. The third-order valence-electron chi connectivity index (χ3n) is 2.16. The number of ether oxygens (including phenoxy) is 2. The normalized spacial score (nSPS) is 26.7. The molecule has 1 aliphatic heterocycles. The van der Waals surface area contributed by atoms with Crippen molar-refractivity contribution >= 4 is 6.16 Å². The fourth-order valence-corrected chi connectivity index (χ4v) is 1.37. The van der Waals surface area contributed by atoms with E-state index in [1.54, 1.807) is 0 Å². The summed E-state index contributed by atoms with van der Waals surface area (Å²) < 4.78 is 9.84. The first kappa shape index (κ1) is 8.10. The molecule has 1 aromatic rings. The van der Waals surface area contributed by atoms with E-state index in [1.165, 1.54) is 0 Å². The molecule has 13 heavy (non-hydrogen) atoms. The van der Waals surface area contributed by atoms with Crippen LogP contribution in [0.5, 0.6) is 0 Å². The Morgan fingerprint density at radius 1 is 1.31 bits per heavy atom. The highest BCUT2D eigenvalue weighted by molar-refractivity contribution is 5.63. The van der Waals surface area contributed by atoms with Crippen LogP contribution < -0.4 is 0 Å². The van der Waals surface area contributed by atoms with Gasteiger partial charge in [-0.3, -0.25) is 0 Å². The van der Waals surface area contributed by atoms with Crippen LogP contribution in [0.3, 0.4) is 0 Å². The maximum Gasteiger partial charge on any atom is 0.509 e. The van der Waals surface area contributed by atoms with Crippen LogP contribution in [0, 0.1) is 0 Å². The highest BCUT2D eigenvalue weighted by Gasteiger charge is 2.39. The highest BCUT2D eigenvalue weighted by Crippen LogP contribution is 2.30. The second-order valence-electron chi connectivity index (χ2n) is 3.24. The summed E-state index contributed by atoms with van der Waals surface area (Å²) in [5.74, 6) is 0. The van der Waals surface area contributed by atoms with Crippen molar-refractivity contribution in [1.82, 2.24) is 0 Å². The fourth-order valence-electron chi connectivity index (χ4n) is 1.37. The number of carbonyl (C=O) groups excluding carboxylic acids is 1. The standard InChI is InChI=1S/C10H10O3/c1-10(7-12-9(11)13-10)8-5-3-2-4-6-8/h2-6H,7H2,1H3. The molecule has 0 saturated carbocycles. The Labute approximate surface area is 76.3 Å². The molecule has 1 aliphatic rings. The molecule has 1 atom stereocenters. The molecular formula is C10H10O3. The van der Waals surface area contributed by atoms with Gasteiger partial charge in [0.1, 0.15) is 6.61 Å².